The van der Waals surface area contributed by atoms with Crippen LogP contribution in [0.25, 0.3) is 0 Å². The first-order valence-corrected chi connectivity index (χ1v) is 8.91. The molecule has 0 fully saturated rings. The molecule has 3 heteroatoms. The zero-order valence-electron chi connectivity index (χ0n) is 13.2. The van der Waals surface area contributed by atoms with Gasteiger partial charge in [0.05, 0.1) is 0 Å². The quantitative estimate of drug-likeness (QED) is 0.770. The van der Waals surface area contributed by atoms with Gasteiger partial charge in [-0.1, -0.05) is 13.8 Å². The average molecular weight is 295 g/mol. The lowest BCUT2D eigenvalue weighted by Gasteiger charge is -2.24. The number of fused-ring (bicyclic) bond motifs is 1. The molecule has 1 aromatic rings. The number of hydrogen-bond acceptors (Lipinski definition) is 3. The minimum atomic E-state index is 0.501. The van der Waals surface area contributed by atoms with Crippen LogP contribution in [-0.2, 0) is 17.6 Å². The number of hydrogen-bond donors (Lipinski definition) is 1. The van der Waals surface area contributed by atoms with E-state index < -0.39 is 0 Å². The molecule has 1 aromatic heterocycles. The van der Waals surface area contributed by atoms with Crippen molar-refractivity contribution >= 4 is 11.3 Å². The lowest BCUT2D eigenvalue weighted by Crippen LogP contribution is -2.27. The van der Waals surface area contributed by atoms with Gasteiger partial charge in [-0.2, -0.15) is 0 Å². The average Bonchev–Trinajstić information content (AvgIpc) is 2.89. The van der Waals surface area contributed by atoms with Crippen molar-refractivity contribution in [1.82, 2.24) is 5.32 Å². The van der Waals surface area contributed by atoms with Gasteiger partial charge in [-0.3, -0.25) is 0 Å². The minimum absolute atomic E-state index is 0.501. The zero-order chi connectivity index (χ0) is 14.4. The fourth-order valence-corrected chi connectivity index (χ4v) is 4.49. The van der Waals surface area contributed by atoms with Crippen LogP contribution in [0.5, 0.6) is 0 Å². The van der Waals surface area contributed by atoms with Crippen LogP contribution < -0.4 is 5.32 Å². The van der Waals surface area contributed by atoms with Crippen LogP contribution >= 0.6 is 11.3 Å². The van der Waals surface area contributed by atoms with Gasteiger partial charge >= 0.3 is 0 Å². The SMILES string of the molecule is CCCNC(c1cc2c(s1)CCCC2)C(C)CCOC. The molecule has 0 aliphatic heterocycles. The summed E-state index contributed by atoms with van der Waals surface area (Å²) in [6.45, 7) is 6.55. The number of rotatable bonds is 8. The third kappa shape index (κ3) is 4.06. The molecule has 20 heavy (non-hydrogen) atoms. The van der Waals surface area contributed by atoms with E-state index in [-0.39, 0.29) is 0 Å². The Bertz CT molecular complexity index is 378. The Hall–Kier alpha value is -0.380. The molecule has 0 spiro atoms. The van der Waals surface area contributed by atoms with Crippen LogP contribution in [-0.4, -0.2) is 20.3 Å². The molecule has 2 atom stereocenters. The maximum atomic E-state index is 5.26. The highest BCUT2D eigenvalue weighted by Crippen LogP contribution is 2.36. The van der Waals surface area contributed by atoms with E-state index in [2.05, 4.69) is 36.6 Å². The van der Waals surface area contributed by atoms with E-state index in [4.69, 9.17) is 4.74 Å². The van der Waals surface area contributed by atoms with Gasteiger partial charge in [0.2, 0.25) is 0 Å². The van der Waals surface area contributed by atoms with Gasteiger partial charge in [-0.05, 0) is 62.6 Å². The zero-order valence-corrected chi connectivity index (χ0v) is 14.0. The van der Waals surface area contributed by atoms with Gasteiger partial charge in [-0.25, -0.2) is 0 Å². The number of ether oxygens (including phenoxy) is 1. The summed E-state index contributed by atoms with van der Waals surface area (Å²) in [5.41, 5.74) is 1.62. The van der Waals surface area contributed by atoms with Gasteiger partial charge in [-0.15, -0.1) is 11.3 Å². The summed E-state index contributed by atoms with van der Waals surface area (Å²) in [5.74, 6) is 0.626. The van der Waals surface area contributed by atoms with E-state index in [1.165, 1.54) is 32.1 Å². The van der Waals surface area contributed by atoms with Crippen molar-refractivity contribution in [3.8, 4) is 0 Å². The summed E-state index contributed by atoms with van der Waals surface area (Å²) in [7, 11) is 1.80. The molecule has 2 unspecified atom stereocenters. The van der Waals surface area contributed by atoms with Crippen molar-refractivity contribution in [1.29, 1.82) is 0 Å². The lowest BCUT2D eigenvalue weighted by molar-refractivity contribution is 0.170. The molecule has 2 rings (SSSR count). The fourth-order valence-electron chi connectivity index (χ4n) is 3.02. The molecule has 0 radical (unpaired) electrons. The van der Waals surface area contributed by atoms with Gasteiger partial charge in [0.15, 0.2) is 0 Å². The van der Waals surface area contributed by atoms with Crippen LogP contribution in [0.3, 0.4) is 0 Å². The third-order valence-corrected chi connectivity index (χ3v) is 5.60. The molecule has 0 bridgehead atoms. The second kappa shape index (κ2) is 8.16. The normalized spacial score (nSPS) is 17.8. The molecule has 0 saturated carbocycles. The molecule has 1 heterocycles. The van der Waals surface area contributed by atoms with Crippen molar-refractivity contribution in [3.63, 3.8) is 0 Å². The largest absolute Gasteiger partial charge is 0.385 e. The molecule has 0 amide bonds. The second-order valence-corrected chi connectivity index (χ2v) is 7.16. The van der Waals surface area contributed by atoms with Crippen molar-refractivity contribution in [2.45, 2.75) is 58.4 Å². The maximum Gasteiger partial charge on any atom is 0.0465 e. The van der Waals surface area contributed by atoms with E-state index in [0.717, 1.165) is 19.6 Å². The second-order valence-electron chi connectivity index (χ2n) is 5.99. The van der Waals surface area contributed by atoms with Crippen LogP contribution in [0.1, 0.15) is 60.9 Å². The van der Waals surface area contributed by atoms with Crippen molar-refractivity contribution in [3.05, 3.63) is 21.4 Å². The van der Waals surface area contributed by atoms with E-state index in [9.17, 15) is 0 Å². The lowest BCUT2D eigenvalue weighted by atomic mass is 9.94. The highest BCUT2D eigenvalue weighted by atomic mass is 32.1. The Morgan fingerprint density at radius 1 is 1.35 bits per heavy atom. The van der Waals surface area contributed by atoms with Gasteiger partial charge in [0.1, 0.15) is 0 Å². The number of methoxy groups -OCH3 is 1. The first-order valence-electron chi connectivity index (χ1n) is 8.10. The standard InChI is InChI=1S/C17H29NOS/c1-4-10-18-17(13(2)9-11-19-3)16-12-14-7-5-6-8-15(14)20-16/h12-13,17-18H,4-11H2,1-3H3. The Kier molecular flexibility index (Phi) is 6.53. The van der Waals surface area contributed by atoms with Crippen LogP contribution in [0, 0.1) is 5.92 Å². The first-order chi connectivity index (χ1) is 9.76. The summed E-state index contributed by atoms with van der Waals surface area (Å²) >= 11 is 2.05. The molecule has 1 N–H and O–H groups in total. The Balaban J connectivity index is 2.10. The molecule has 0 saturated heterocycles. The summed E-state index contributed by atoms with van der Waals surface area (Å²) < 4.78 is 5.26. The predicted molar refractivity (Wildman–Crippen MR) is 87.7 cm³/mol. The number of aryl methyl sites for hydroxylation is 2. The fraction of sp³-hybridized carbons (Fsp3) is 0.765. The summed E-state index contributed by atoms with van der Waals surface area (Å²) in [6, 6.07) is 2.98. The van der Waals surface area contributed by atoms with Crippen molar-refractivity contribution in [2.75, 3.05) is 20.3 Å². The number of nitrogens with one attached hydrogen (secondary N) is 1. The van der Waals surface area contributed by atoms with Crippen LogP contribution in [0.15, 0.2) is 6.07 Å². The summed E-state index contributed by atoms with van der Waals surface area (Å²) in [6.07, 6.45) is 7.65. The van der Waals surface area contributed by atoms with E-state index in [1.807, 2.05) is 0 Å². The maximum absolute atomic E-state index is 5.26. The van der Waals surface area contributed by atoms with Gasteiger partial charge < -0.3 is 10.1 Å². The Labute approximate surface area is 127 Å². The Morgan fingerprint density at radius 2 is 2.15 bits per heavy atom. The minimum Gasteiger partial charge on any atom is -0.385 e. The molecule has 1 aliphatic carbocycles. The summed E-state index contributed by atoms with van der Waals surface area (Å²) in [4.78, 5) is 3.20. The van der Waals surface area contributed by atoms with Crippen molar-refractivity contribution in [2.24, 2.45) is 5.92 Å². The monoisotopic (exact) mass is 295 g/mol. The van der Waals surface area contributed by atoms with Crippen LogP contribution in [0.2, 0.25) is 0 Å². The van der Waals surface area contributed by atoms with Gasteiger partial charge in [0.25, 0.3) is 0 Å². The molecular weight excluding hydrogens is 266 g/mol. The van der Waals surface area contributed by atoms with Gasteiger partial charge in [0, 0.05) is 29.5 Å². The molecule has 0 aromatic carbocycles. The third-order valence-electron chi connectivity index (χ3n) is 4.28. The van der Waals surface area contributed by atoms with E-state index in [1.54, 1.807) is 22.4 Å². The van der Waals surface area contributed by atoms with E-state index in [0.29, 0.717) is 12.0 Å². The molecular formula is C17H29NOS. The molecule has 2 nitrogen and oxygen atoms in total. The Morgan fingerprint density at radius 3 is 2.85 bits per heavy atom. The number of thiophene rings is 1. The summed E-state index contributed by atoms with van der Waals surface area (Å²) in [5, 5.41) is 3.76. The highest BCUT2D eigenvalue weighted by molar-refractivity contribution is 7.12. The van der Waals surface area contributed by atoms with E-state index >= 15 is 0 Å². The predicted octanol–water partition coefficient (Wildman–Crippen LogP) is 4.34. The first kappa shape index (κ1) is 16.0. The molecule has 114 valence electrons. The van der Waals surface area contributed by atoms with Crippen molar-refractivity contribution < 1.29 is 4.74 Å². The smallest absolute Gasteiger partial charge is 0.0465 e. The molecule has 1 aliphatic rings. The topological polar surface area (TPSA) is 21.3 Å². The highest BCUT2D eigenvalue weighted by Gasteiger charge is 2.23. The van der Waals surface area contributed by atoms with Crippen LogP contribution in [0.4, 0.5) is 0 Å².